The zero-order valence-electron chi connectivity index (χ0n) is 9.13. The Morgan fingerprint density at radius 2 is 1.89 bits per heavy atom. The number of benzene rings is 2. The third-order valence-corrected chi connectivity index (χ3v) is 2.44. The van der Waals surface area contributed by atoms with Crippen LogP contribution in [0.5, 0.6) is 17.2 Å². The summed E-state index contributed by atoms with van der Waals surface area (Å²) in [7, 11) is 0. The predicted octanol–water partition coefficient (Wildman–Crippen LogP) is 2.97. The summed E-state index contributed by atoms with van der Waals surface area (Å²) in [6, 6.07) is 9.95. The lowest BCUT2D eigenvalue weighted by atomic mass is 10.2. The van der Waals surface area contributed by atoms with Crippen molar-refractivity contribution in [3.8, 4) is 17.2 Å². The SMILES string of the molecule is O=C(Oc1ccc(O)cc1O)c1cccc(Cl)c1. The molecule has 2 aromatic carbocycles. The van der Waals surface area contributed by atoms with Crippen LogP contribution in [0.15, 0.2) is 42.5 Å². The van der Waals surface area contributed by atoms with Crippen LogP contribution in [0.3, 0.4) is 0 Å². The van der Waals surface area contributed by atoms with Gasteiger partial charge in [-0.1, -0.05) is 17.7 Å². The maximum Gasteiger partial charge on any atom is 0.343 e. The topological polar surface area (TPSA) is 66.8 Å². The van der Waals surface area contributed by atoms with E-state index in [4.69, 9.17) is 21.4 Å². The highest BCUT2D eigenvalue weighted by atomic mass is 35.5. The smallest absolute Gasteiger partial charge is 0.343 e. The van der Waals surface area contributed by atoms with Crippen molar-refractivity contribution in [3.05, 3.63) is 53.1 Å². The van der Waals surface area contributed by atoms with Gasteiger partial charge < -0.3 is 14.9 Å². The van der Waals surface area contributed by atoms with Crippen LogP contribution in [0, 0.1) is 0 Å². The average Bonchev–Trinajstić information content (AvgIpc) is 2.32. The van der Waals surface area contributed by atoms with Crippen LogP contribution in [0.4, 0.5) is 0 Å². The summed E-state index contributed by atoms with van der Waals surface area (Å²) in [5, 5.41) is 19.0. The maximum absolute atomic E-state index is 11.7. The van der Waals surface area contributed by atoms with Crippen LogP contribution in [0.2, 0.25) is 5.02 Å². The number of rotatable bonds is 2. The normalized spacial score (nSPS) is 10.1. The monoisotopic (exact) mass is 264 g/mol. The Labute approximate surface area is 108 Å². The van der Waals surface area contributed by atoms with Crippen LogP contribution >= 0.6 is 11.6 Å². The Kier molecular flexibility index (Phi) is 3.39. The molecule has 0 aromatic heterocycles. The Bertz CT molecular complexity index is 595. The van der Waals surface area contributed by atoms with Gasteiger partial charge in [-0.25, -0.2) is 4.79 Å². The van der Waals surface area contributed by atoms with Gasteiger partial charge in [0.1, 0.15) is 5.75 Å². The molecule has 0 radical (unpaired) electrons. The second-order valence-electron chi connectivity index (χ2n) is 3.55. The second-order valence-corrected chi connectivity index (χ2v) is 3.99. The number of aromatic hydroxyl groups is 2. The van der Waals surface area contributed by atoms with E-state index in [0.717, 1.165) is 6.07 Å². The third-order valence-electron chi connectivity index (χ3n) is 2.21. The molecule has 5 heteroatoms. The number of hydrogen-bond donors (Lipinski definition) is 2. The fraction of sp³-hybridized carbons (Fsp3) is 0. The fourth-order valence-electron chi connectivity index (χ4n) is 1.37. The van der Waals surface area contributed by atoms with Crippen molar-refractivity contribution in [2.45, 2.75) is 0 Å². The molecule has 0 saturated carbocycles. The number of carbonyl (C=O) groups is 1. The summed E-state index contributed by atoms with van der Waals surface area (Å²) in [5.41, 5.74) is 0.273. The van der Waals surface area contributed by atoms with Gasteiger partial charge in [-0.05, 0) is 30.3 Å². The molecule has 18 heavy (non-hydrogen) atoms. The summed E-state index contributed by atoms with van der Waals surface area (Å²) < 4.78 is 4.98. The number of halogens is 1. The highest BCUT2D eigenvalue weighted by molar-refractivity contribution is 6.30. The summed E-state index contributed by atoms with van der Waals surface area (Å²) in [5.74, 6) is -1.10. The molecular formula is C13H9ClO4. The number of ether oxygens (including phenoxy) is 1. The minimum Gasteiger partial charge on any atom is -0.508 e. The van der Waals surface area contributed by atoms with Gasteiger partial charge >= 0.3 is 5.97 Å². The van der Waals surface area contributed by atoms with E-state index in [0.29, 0.717) is 5.02 Å². The van der Waals surface area contributed by atoms with Gasteiger partial charge in [0.15, 0.2) is 11.5 Å². The largest absolute Gasteiger partial charge is 0.508 e. The summed E-state index contributed by atoms with van der Waals surface area (Å²) in [6.45, 7) is 0. The van der Waals surface area contributed by atoms with E-state index in [1.165, 1.54) is 18.2 Å². The maximum atomic E-state index is 11.7. The molecule has 0 aliphatic carbocycles. The Morgan fingerprint density at radius 1 is 1.11 bits per heavy atom. The van der Waals surface area contributed by atoms with Crippen molar-refractivity contribution >= 4 is 17.6 Å². The van der Waals surface area contributed by atoms with Gasteiger partial charge in [0, 0.05) is 11.1 Å². The van der Waals surface area contributed by atoms with Gasteiger partial charge in [0.2, 0.25) is 0 Å². The Morgan fingerprint density at radius 3 is 2.56 bits per heavy atom. The summed E-state index contributed by atoms with van der Waals surface area (Å²) >= 11 is 5.75. The molecule has 0 heterocycles. The lowest BCUT2D eigenvalue weighted by molar-refractivity contribution is 0.0729. The van der Waals surface area contributed by atoms with Crippen LogP contribution in [0.1, 0.15) is 10.4 Å². The van der Waals surface area contributed by atoms with Crippen LogP contribution in [-0.2, 0) is 0 Å². The van der Waals surface area contributed by atoms with Crippen molar-refractivity contribution in [2.24, 2.45) is 0 Å². The Balaban J connectivity index is 2.21. The molecule has 0 atom stereocenters. The first-order valence-corrected chi connectivity index (χ1v) is 5.44. The van der Waals surface area contributed by atoms with Crippen LogP contribution < -0.4 is 4.74 Å². The van der Waals surface area contributed by atoms with E-state index in [-0.39, 0.29) is 22.8 Å². The quantitative estimate of drug-likeness (QED) is 0.646. The van der Waals surface area contributed by atoms with Gasteiger partial charge in [0.25, 0.3) is 0 Å². The van der Waals surface area contributed by atoms with Crippen molar-refractivity contribution in [1.82, 2.24) is 0 Å². The van der Waals surface area contributed by atoms with E-state index < -0.39 is 5.97 Å². The van der Waals surface area contributed by atoms with E-state index in [1.807, 2.05) is 0 Å². The molecule has 0 unspecified atom stereocenters. The standard InChI is InChI=1S/C13H9ClO4/c14-9-3-1-2-8(6-9)13(17)18-12-5-4-10(15)7-11(12)16/h1-7,15-16H. The van der Waals surface area contributed by atoms with E-state index in [1.54, 1.807) is 18.2 Å². The van der Waals surface area contributed by atoms with Crippen molar-refractivity contribution in [1.29, 1.82) is 0 Å². The van der Waals surface area contributed by atoms with Gasteiger partial charge in [-0.15, -0.1) is 0 Å². The molecule has 2 N–H and O–H groups in total. The lowest BCUT2D eigenvalue weighted by Gasteiger charge is -2.06. The molecule has 0 aliphatic rings. The zero-order chi connectivity index (χ0) is 13.1. The second kappa shape index (κ2) is 4.98. The molecule has 4 nitrogen and oxygen atoms in total. The molecule has 0 aliphatic heterocycles. The van der Waals surface area contributed by atoms with Crippen LogP contribution in [-0.4, -0.2) is 16.2 Å². The van der Waals surface area contributed by atoms with Crippen molar-refractivity contribution in [2.75, 3.05) is 0 Å². The molecular weight excluding hydrogens is 256 g/mol. The highest BCUT2D eigenvalue weighted by Gasteiger charge is 2.12. The van der Waals surface area contributed by atoms with Gasteiger partial charge in [-0.2, -0.15) is 0 Å². The minimum absolute atomic E-state index is 0.0298. The molecule has 0 spiro atoms. The molecule has 0 amide bonds. The number of phenolic OH excluding ortho intramolecular Hbond substituents is 2. The number of phenols is 2. The molecule has 2 rings (SSSR count). The molecule has 2 aromatic rings. The van der Waals surface area contributed by atoms with E-state index in [2.05, 4.69) is 0 Å². The molecule has 92 valence electrons. The first-order valence-electron chi connectivity index (χ1n) is 5.06. The summed E-state index contributed by atoms with van der Waals surface area (Å²) in [4.78, 5) is 11.7. The van der Waals surface area contributed by atoms with Crippen molar-refractivity contribution < 1.29 is 19.7 Å². The zero-order valence-corrected chi connectivity index (χ0v) is 9.89. The lowest BCUT2D eigenvalue weighted by Crippen LogP contribution is -2.08. The number of carbonyl (C=O) groups excluding carboxylic acids is 1. The first-order chi connectivity index (χ1) is 8.56. The van der Waals surface area contributed by atoms with E-state index >= 15 is 0 Å². The van der Waals surface area contributed by atoms with E-state index in [9.17, 15) is 9.90 Å². The number of esters is 1. The average molecular weight is 265 g/mol. The Hall–Kier alpha value is -2.20. The van der Waals surface area contributed by atoms with Gasteiger partial charge in [-0.3, -0.25) is 0 Å². The number of hydrogen-bond acceptors (Lipinski definition) is 4. The first kappa shape index (κ1) is 12.3. The van der Waals surface area contributed by atoms with Crippen molar-refractivity contribution in [3.63, 3.8) is 0 Å². The molecule has 0 bridgehead atoms. The molecule has 0 saturated heterocycles. The highest BCUT2D eigenvalue weighted by Crippen LogP contribution is 2.30. The third kappa shape index (κ3) is 2.73. The minimum atomic E-state index is -0.640. The predicted molar refractivity (Wildman–Crippen MR) is 66.2 cm³/mol. The van der Waals surface area contributed by atoms with Crippen LogP contribution in [0.25, 0.3) is 0 Å². The van der Waals surface area contributed by atoms with Gasteiger partial charge in [0.05, 0.1) is 5.56 Å². The summed E-state index contributed by atoms with van der Waals surface area (Å²) in [6.07, 6.45) is 0. The molecule has 0 fully saturated rings. The fourth-order valence-corrected chi connectivity index (χ4v) is 1.56.